The molecule has 2 rings (SSSR count). The lowest BCUT2D eigenvalue weighted by Gasteiger charge is -2.05. The van der Waals surface area contributed by atoms with Crippen LogP contribution in [0.5, 0.6) is 0 Å². The van der Waals surface area contributed by atoms with Gasteiger partial charge in [0.05, 0.1) is 0 Å². The summed E-state index contributed by atoms with van der Waals surface area (Å²) in [5, 5.41) is 5.62. The third kappa shape index (κ3) is 4.24. The van der Waals surface area contributed by atoms with Crippen molar-refractivity contribution >= 4 is 11.3 Å². The van der Waals surface area contributed by atoms with Gasteiger partial charge in [-0.1, -0.05) is 0 Å². The molecule has 1 aromatic heterocycles. The van der Waals surface area contributed by atoms with Gasteiger partial charge in [0.25, 0.3) is 0 Å². The van der Waals surface area contributed by atoms with E-state index in [1.165, 1.54) is 23.3 Å². The van der Waals surface area contributed by atoms with Crippen LogP contribution in [0.25, 0.3) is 0 Å². The normalized spacial score (nSPS) is 15.6. The fourth-order valence-electron chi connectivity index (χ4n) is 1.62. The highest BCUT2D eigenvalue weighted by atomic mass is 32.1. The molecule has 1 saturated carbocycles. The van der Waals surface area contributed by atoms with Gasteiger partial charge in [-0.3, -0.25) is 0 Å². The largest absolute Gasteiger partial charge is 0.381 e. The third-order valence-corrected chi connectivity index (χ3v) is 3.97. The molecule has 1 aliphatic rings. The number of nitrogens with one attached hydrogen (secondary N) is 1. The second kappa shape index (κ2) is 6.38. The quantitative estimate of drug-likeness (QED) is 0.704. The summed E-state index contributed by atoms with van der Waals surface area (Å²) in [6.45, 7) is 6.14. The van der Waals surface area contributed by atoms with Crippen molar-refractivity contribution in [2.24, 2.45) is 5.92 Å². The van der Waals surface area contributed by atoms with Crippen molar-refractivity contribution in [3.63, 3.8) is 0 Å². The van der Waals surface area contributed by atoms with Crippen molar-refractivity contribution in [1.82, 2.24) is 5.32 Å². The van der Waals surface area contributed by atoms with Crippen molar-refractivity contribution in [2.75, 3.05) is 19.8 Å². The summed E-state index contributed by atoms with van der Waals surface area (Å²) in [5.41, 5.74) is 1.41. The summed E-state index contributed by atoms with van der Waals surface area (Å²) >= 11 is 1.84. The zero-order chi connectivity index (χ0) is 11.2. The summed E-state index contributed by atoms with van der Waals surface area (Å²) in [6, 6.07) is 2.18. The third-order valence-electron chi connectivity index (χ3n) is 2.95. The molecule has 1 N–H and O–H groups in total. The molecule has 90 valence electrons. The van der Waals surface area contributed by atoms with E-state index in [9.17, 15) is 0 Å². The summed E-state index contributed by atoms with van der Waals surface area (Å²) in [7, 11) is 0. The average molecular weight is 239 g/mol. The summed E-state index contributed by atoms with van der Waals surface area (Å²) < 4.78 is 5.58. The van der Waals surface area contributed by atoms with Crippen LogP contribution in [0.3, 0.4) is 0 Å². The highest BCUT2D eigenvalue weighted by molar-refractivity contribution is 7.10. The van der Waals surface area contributed by atoms with Crippen molar-refractivity contribution in [3.05, 3.63) is 21.9 Å². The topological polar surface area (TPSA) is 21.3 Å². The fourth-order valence-corrected chi connectivity index (χ4v) is 2.50. The van der Waals surface area contributed by atoms with Gasteiger partial charge in [0, 0.05) is 24.6 Å². The highest BCUT2D eigenvalue weighted by Gasteiger charge is 2.20. The van der Waals surface area contributed by atoms with Crippen LogP contribution in [0, 0.1) is 12.8 Å². The van der Waals surface area contributed by atoms with Crippen LogP contribution in [0.15, 0.2) is 11.4 Å². The molecule has 0 aliphatic heterocycles. The Morgan fingerprint density at radius 1 is 1.50 bits per heavy atom. The zero-order valence-electron chi connectivity index (χ0n) is 10.00. The maximum absolute atomic E-state index is 5.58. The maximum Gasteiger partial charge on any atom is 0.0494 e. The molecular weight excluding hydrogens is 218 g/mol. The van der Waals surface area contributed by atoms with Crippen LogP contribution < -0.4 is 5.32 Å². The molecule has 3 heteroatoms. The zero-order valence-corrected chi connectivity index (χ0v) is 10.8. The molecule has 0 unspecified atom stereocenters. The predicted octanol–water partition coefficient (Wildman–Crippen LogP) is 2.96. The lowest BCUT2D eigenvalue weighted by Crippen LogP contribution is -2.16. The molecule has 1 aliphatic carbocycles. The maximum atomic E-state index is 5.58. The van der Waals surface area contributed by atoms with Gasteiger partial charge in [-0.15, -0.1) is 11.3 Å². The fraction of sp³-hybridized carbons (Fsp3) is 0.692. The minimum absolute atomic E-state index is 0.890. The van der Waals surface area contributed by atoms with Crippen LogP contribution in [-0.2, 0) is 11.3 Å². The average Bonchev–Trinajstić information content (AvgIpc) is 3.01. The molecule has 0 radical (unpaired) electrons. The first-order valence-electron chi connectivity index (χ1n) is 6.17. The van der Waals surface area contributed by atoms with E-state index in [1.54, 1.807) is 0 Å². The Hall–Kier alpha value is -0.380. The van der Waals surface area contributed by atoms with Gasteiger partial charge in [-0.25, -0.2) is 0 Å². The Morgan fingerprint density at radius 3 is 3.06 bits per heavy atom. The highest BCUT2D eigenvalue weighted by Crippen LogP contribution is 2.28. The standard InChI is InChI=1S/C13H21NOS/c1-11-5-8-16-13(11)9-14-6-2-7-15-10-12-3-4-12/h5,8,12,14H,2-4,6-7,9-10H2,1H3. The monoisotopic (exact) mass is 239 g/mol. The predicted molar refractivity (Wildman–Crippen MR) is 68.9 cm³/mol. The van der Waals surface area contributed by atoms with E-state index in [1.807, 2.05) is 11.3 Å². The lowest BCUT2D eigenvalue weighted by molar-refractivity contribution is 0.122. The summed E-state index contributed by atoms with van der Waals surface area (Å²) in [6.07, 6.45) is 3.89. The van der Waals surface area contributed by atoms with E-state index in [4.69, 9.17) is 4.74 Å². The van der Waals surface area contributed by atoms with E-state index in [2.05, 4.69) is 23.7 Å². The molecule has 0 saturated heterocycles. The smallest absolute Gasteiger partial charge is 0.0494 e. The minimum Gasteiger partial charge on any atom is -0.381 e. The molecule has 1 fully saturated rings. The Bertz CT molecular complexity index is 307. The van der Waals surface area contributed by atoms with E-state index in [-0.39, 0.29) is 0 Å². The summed E-state index contributed by atoms with van der Waals surface area (Å²) in [4.78, 5) is 1.46. The lowest BCUT2D eigenvalue weighted by atomic mass is 10.3. The first-order chi connectivity index (χ1) is 7.86. The number of aryl methyl sites for hydroxylation is 1. The van der Waals surface area contributed by atoms with Gasteiger partial charge >= 0.3 is 0 Å². The molecule has 2 nitrogen and oxygen atoms in total. The molecule has 0 bridgehead atoms. The number of hydrogen-bond donors (Lipinski definition) is 1. The van der Waals surface area contributed by atoms with Crippen LogP contribution in [0.4, 0.5) is 0 Å². The minimum atomic E-state index is 0.890. The summed E-state index contributed by atoms with van der Waals surface area (Å²) in [5.74, 6) is 0.890. The van der Waals surface area contributed by atoms with E-state index in [0.717, 1.165) is 38.6 Å². The molecule has 16 heavy (non-hydrogen) atoms. The van der Waals surface area contributed by atoms with Gasteiger partial charge in [0.1, 0.15) is 0 Å². The van der Waals surface area contributed by atoms with E-state index < -0.39 is 0 Å². The van der Waals surface area contributed by atoms with Crippen molar-refractivity contribution in [1.29, 1.82) is 0 Å². The molecule has 0 spiro atoms. The first kappa shape index (κ1) is 12.1. The van der Waals surface area contributed by atoms with Crippen molar-refractivity contribution in [3.8, 4) is 0 Å². The van der Waals surface area contributed by atoms with Crippen molar-refractivity contribution < 1.29 is 4.74 Å². The van der Waals surface area contributed by atoms with Gasteiger partial charge in [0.2, 0.25) is 0 Å². The molecule has 0 aromatic carbocycles. The van der Waals surface area contributed by atoms with E-state index >= 15 is 0 Å². The number of thiophene rings is 1. The number of hydrogen-bond acceptors (Lipinski definition) is 3. The van der Waals surface area contributed by atoms with Crippen LogP contribution in [-0.4, -0.2) is 19.8 Å². The van der Waals surface area contributed by atoms with Gasteiger partial charge in [-0.05, 0) is 55.7 Å². The Morgan fingerprint density at radius 2 is 2.38 bits per heavy atom. The van der Waals surface area contributed by atoms with Crippen LogP contribution >= 0.6 is 11.3 Å². The van der Waals surface area contributed by atoms with Gasteiger partial charge in [-0.2, -0.15) is 0 Å². The van der Waals surface area contributed by atoms with Crippen LogP contribution in [0.2, 0.25) is 0 Å². The molecule has 1 aromatic rings. The van der Waals surface area contributed by atoms with E-state index in [0.29, 0.717) is 0 Å². The number of ether oxygens (including phenoxy) is 1. The molecular formula is C13H21NOS. The molecule has 1 heterocycles. The van der Waals surface area contributed by atoms with Crippen LogP contribution in [0.1, 0.15) is 29.7 Å². The Balaban J connectivity index is 1.44. The SMILES string of the molecule is Cc1ccsc1CNCCCOCC1CC1. The number of rotatable bonds is 8. The first-order valence-corrected chi connectivity index (χ1v) is 7.05. The molecule has 0 atom stereocenters. The molecule has 0 amide bonds. The second-order valence-corrected chi connectivity index (χ2v) is 5.58. The van der Waals surface area contributed by atoms with Crippen molar-refractivity contribution in [2.45, 2.75) is 32.7 Å². The Kier molecular flexibility index (Phi) is 4.82. The van der Waals surface area contributed by atoms with Gasteiger partial charge in [0.15, 0.2) is 0 Å². The van der Waals surface area contributed by atoms with Gasteiger partial charge < -0.3 is 10.1 Å². The Labute approximate surface area is 102 Å². The second-order valence-electron chi connectivity index (χ2n) is 4.58.